The molecule has 0 aromatic carbocycles. The Hall–Kier alpha value is -0.0400. The fraction of sp³-hybridized carbons (Fsp3) is 0.889. The first-order valence-electron chi connectivity index (χ1n) is 4.29. The van der Waals surface area contributed by atoms with Gasteiger partial charge in [-0.1, -0.05) is 27.2 Å². The van der Waals surface area contributed by atoms with Gasteiger partial charge in [0.2, 0.25) is 0 Å². The lowest BCUT2D eigenvalue weighted by Gasteiger charge is -2.25. The zero-order valence-corrected chi connectivity index (χ0v) is 7.56. The molecule has 1 heteroatoms. The van der Waals surface area contributed by atoms with Crippen LogP contribution in [0.4, 0.5) is 0 Å². The molecule has 0 aliphatic rings. The molecule has 10 heavy (non-hydrogen) atoms. The first kappa shape index (κ1) is 9.96. The highest BCUT2D eigenvalue weighted by molar-refractivity contribution is 4.64. The fourth-order valence-electron chi connectivity index (χ4n) is 1.32. The Bertz CT molecular complexity index is 67.1. The van der Waals surface area contributed by atoms with Crippen LogP contribution in [-0.2, 0) is 0 Å². The van der Waals surface area contributed by atoms with Crippen LogP contribution in [0.1, 0.15) is 33.6 Å². The smallest absolute Gasteiger partial charge is 0.00666 e. The van der Waals surface area contributed by atoms with Crippen molar-refractivity contribution in [2.75, 3.05) is 13.1 Å². The van der Waals surface area contributed by atoms with Gasteiger partial charge in [0.15, 0.2) is 0 Å². The topological polar surface area (TPSA) is 3.24 Å². The second-order valence-electron chi connectivity index (χ2n) is 2.71. The molecule has 61 valence electrons. The van der Waals surface area contributed by atoms with Gasteiger partial charge in [-0.3, -0.25) is 0 Å². The third kappa shape index (κ3) is 3.21. The van der Waals surface area contributed by atoms with Crippen LogP contribution in [0.3, 0.4) is 0 Å². The van der Waals surface area contributed by atoms with E-state index in [4.69, 9.17) is 0 Å². The largest absolute Gasteiger partial charge is 0.301 e. The van der Waals surface area contributed by atoms with E-state index in [2.05, 4.69) is 32.6 Å². The molecule has 0 bridgehead atoms. The Morgan fingerprint density at radius 3 is 2.10 bits per heavy atom. The Labute approximate surface area is 65.4 Å². The van der Waals surface area contributed by atoms with Gasteiger partial charge < -0.3 is 4.90 Å². The molecule has 1 atom stereocenters. The molecule has 0 aromatic rings. The summed E-state index contributed by atoms with van der Waals surface area (Å²) in [6.07, 6.45) is 2.28. The maximum atomic E-state index is 3.85. The molecule has 0 N–H and O–H groups in total. The van der Waals surface area contributed by atoms with Gasteiger partial charge in [0, 0.05) is 6.04 Å². The first-order valence-corrected chi connectivity index (χ1v) is 4.29. The monoisotopic (exact) mass is 142 g/mol. The molecule has 0 fully saturated rings. The van der Waals surface area contributed by atoms with Gasteiger partial charge in [0.05, 0.1) is 0 Å². The highest BCUT2D eigenvalue weighted by Gasteiger charge is 2.06. The average Bonchev–Trinajstić information content (AvgIpc) is 1.91. The van der Waals surface area contributed by atoms with Crippen molar-refractivity contribution in [1.29, 1.82) is 0 Å². The van der Waals surface area contributed by atoms with E-state index in [-0.39, 0.29) is 0 Å². The minimum Gasteiger partial charge on any atom is -0.301 e. The molecule has 0 amide bonds. The predicted octanol–water partition coefficient (Wildman–Crippen LogP) is 2.33. The van der Waals surface area contributed by atoms with Crippen molar-refractivity contribution in [2.24, 2.45) is 0 Å². The molecule has 0 aromatic heterocycles. The highest BCUT2D eigenvalue weighted by atomic mass is 15.1. The first-order chi connectivity index (χ1) is 4.76. The van der Waals surface area contributed by atoms with Crippen LogP contribution in [0, 0.1) is 6.92 Å². The molecule has 0 rings (SSSR count). The minimum absolute atomic E-state index is 0.715. The summed E-state index contributed by atoms with van der Waals surface area (Å²) in [5.74, 6) is 0. The lowest BCUT2D eigenvalue weighted by molar-refractivity contribution is 0.222. The van der Waals surface area contributed by atoms with E-state index >= 15 is 0 Å². The van der Waals surface area contributed by atoms with E-state index in [1.807, 2.05) is 0 Å². The molecule has 0 saturated heterocycles. The molecule has 1 radical (unpaired) electrons. The summed E-state index contributed by atoms with van der Waals surface area (Å²) < 4.78 is 0. The molecule has 0 heterocycles. The van der Waals surface area contributed by atoms with Crippen molar-refractivity contribution >= 4 is 0 Å². The molecule has 1 nitrogen and oxygen atoms in total. The van der Waals surface area contributed by atoms with Crippen molar-refractivity contribution in [1.82, 2.24) is 4.90 Å². The van der Waals surface area contributed by atoms with Gasteiger partial charge in [-0.15, -0.1) is 0 Å². The van der Waals surface area contributed by atoms with Gasteiger partial charge in [-0.25, -0.2) is 0 Å². The number of hydrogen-bond donors (Lipinski definition) is 0. The SMILES string of the molecule is [CH2]CCC(C)N(CC)CC. The quantitative estimate of drug-likeness (QED) is 0.569. The van der Waals surface area contributed by atoms with Crippen LogP contribution in [0.25, 0.3) is 0 Å². The Kier molecular flexibility index (Phi) is 5.70. The van der Waals surface area contributed by atoms with Crippen LogP contribution in [-0.4, -0.2) is 24.0 Å². The fourth-order valence-corrected chi connectivity index (χ4v) is 1.32. The van der Waals surface area contributed by atoms with E-state index in [0.717, 1.165) is 19.5 Å². The molecule has 1 unspecified atom stereocenters. The van der Waals surface area contributed by atoms with Crippen molar-refractivity contribution in [3.63, 3.8) is 0 Å². The summed E-state index contributed by atoms with van der Waals surface area (Å²) in [5.41, 5.74) is 0. The summed E-state index contributed by atoms with van der Waals surface area (Å²) in [4.78, 5) is 2.46. The van der Waals surface area contributed by atoms with Crippen LogP contribution in [0.15, 0.2) is 0 Å². The second kappa shape index (κ2) is 5.72. The lowest BCUT2D eigenvalue weighted by Crippen LogP contribution is -2.32. The van der Waals surface area contributed by atoms with Crippen LogP contribution in [0.2, 0.25) is 0 Å². The molecule has 0 spiro atoms. The molecular formula is C9H20N. The Morgan fingerprint density at radius 1 is 1.30 bits per heavy atom. The second-order valence-corrected chi connectivity index (χ2v) is 2.71. The minimum atomic E-state index is 0.715. The summed E-state index contributed by atoms with van der Waals surface area (Å²) in [7, 11) is 0. The Balaban J connectivity index is 3.53. The van der Waals surface area contributed by atoms with E-state index < -0.39 is 0 Å². The Morgan fingerprint density at radius 2 is 1.80 bits per heavy atom. The standard InChI is InChI=1S/C9H20N/c1-5-8-9(4)10(6-2)7-3/h9H,1,5-8H2,2-4H3. The van der Waals surface area contributed by atoms with E-state index in [9.17, 15) is 0 Å². The van der Waals surface area contributed by atoms with Crippen molar-refractivity contribution in [3.05, 3.63) is 6.92 Å². The van der Waals surface area contributed by atoms with Gasteiger partial charge in [0.25, 0.3) is 0 Å². The number of hydrogen-bond acceptors (Lipinski definition) is 1. The van der Waals surface area contributed by atoms with Gasteiger partial charge in [-0.05, 0) is 26.4 Å². The predicted molar refractivity (Wildman–Crippen MR) is 47.0 cm³/mol. The summed E-state index contributed by atoms with van der Waals surface area (Å²) in [6.45, 7) is 12.9. The average molecular weight is 142 g/mol. The summed E-state index contributed by atoms with van der Waals surface area (Å²) in [6, 6.07) is 0.715. The normalized spacial score (nSPS) is 14.1. The van der Waals surface area contributed by atoms with Gasteiger partial charge in [-0.2, -0.15) is 0 Å². The van der Waals surface area contributed by atoms with Crippen molar-refractivity contribution in [2.45, 2.75) is 39.7 Å². The van der Waals surface area contributed by atoms with Crippen LogP contribution >= 0.6 is 0 Å². The third-order valence-electron chi connectivity index (χ3n) is 2.06. The van der Waals surface area contributed by atoms with Crippen LogP contribution < -0.4 is 0 Å². The summed E-state index contributed by atoms with van der Waals surface area (Å²) >= 11 is 0. The maximum Gasteiger partial charge on any atom is 0.00666 e. The van der Waals surface area contributed by atoms with E-state index in [1.54, 1.807) is 0 Å². The van der Waals surface area contributed by atoms with Gasteiger partial charge in [0.1, 0.15) is 0 Å². The van der Waals surface area contributed by atoms with Gasteiger partial charge >= 0.3 is 0 Å². The van der Waals surface area contributed by atoms with Crippen molar-refractivity contribution < 1.29 is 0 Å². The van der Waals surface area contributed by atoms with Crippen molar-refractivity contribution in [3.8, 4) is 0 Å². The third-order valence-corrected chi connectivity index (χ3v) is 2.06. The zero-order valence-electron chi connectivity index (χ0n) is 7.56. The molecule has 0 saturated carbocycles. The number of nitrogens with zero attached hydrogens (tertiary/aromatic N) is 1. The van der Waals surface area contributed by atoms with E-state index in [0.29, 0.717) is 6.04 Å². The van der Waals surface area contributed by atoms with Crippen LogP contribution in [0.5, 0.6) is 0 Å². The zero-order chi connectivity index (χ0) is 7.98. The lowest BCUT2D eigenvalue weighted by atomic mass is 10.1. The molecule has 0 aliphatic heterocycles. The highest BCUT2D eigenvalue weighted by Crippen LogP contribution is 2.04. The summed E-state index contributed by atoms with van der Waals surface area (Å²) in [5, 5.41) is 0. The molecule has 0 aliphatic carbocycles. The number of rotatable bonds is 5. The molecular weight excluding hydrogens is 122 g/mol. The maximum absolute atomic E-state index is 3.85. The van der Waals surface area contributed by atoms with E-state index in [1.165, 1.54) is 6.42 Å².